The van der Waals surface area contributed by atoms with Crippen LogP contribution in [0.4, 0.5) is 0 Å². The molecule has 66 valence electrons. The van der Waals surface area contributed by atoms with Gasteiger partial charge in [-0.15, -0.1) is 11.3 Å². The zero-order valence-corrected chi connectivity index (χ0v) is 7.89. The number of rotatable bonds is 2. The Morgan fingerprint density at radius 3 is 2.77 bits per heavy atom. The van der Waals surface area contributed by atoms with Crippen LogP contribution in [0.3, 0.4) is 0 Å². The van der Waals surface area contributed by atoms with E-state index in [9.17, 15) is 4.79 Å². The van der Waals surface area contributed by atoms with Gasteiger partial charge in [-0.1, -0.05) is 6.07 Å². The minimum Gasteiger partial charge on any atom is -0.365 e. The maximum atomic E-state index is 10.8. The van der Waals surface area contributed by atoms with Gasteiger partial charge in [-0.25, -0.2) is 0 Å². The second-order valence-corrected chi connectivity index (χ2v) is 3.40. The SMILES string of the molecule is CC(=C(C#N)C(N)=O)c1cccs1. The van der Waals surface area contributed by atoms with E-state index in [2.05, 4.69) is 0 Å². The minimum absolute atomic E-state index is 0.0300. The maximum Gasteiger partial charge on any atom is 0.259 e. The van der Waals surface area contributed by atoms with Crippen LogP contribution in [0.2, 0.25) is 0 Å². The van der Waals surface area contributed by atoms with Gasteiger partial charge in [-0.3, -0.25) is 4.79 Å². The molecule has 0 radical (unpaired) electrons. The van der Waals surface area contributed by atoms with E-state index >= 15 is 0 Å². The molecule has 1 rings (SSSR count). The highest BCUT2D eigenvalue weighted by Gasteiger charge is 2.10. The van der Waals surface area contributed by atoms with Crippen LogP contribution < -0.4 is 5.73 Å². The molecule has 2 N–H and O–H groups in total. The van der Waals surface area contributed by atoms with Crippen molar-refractivity contribution in [1.29, 1.82) is 5.26 Å². The number of hydrogen-bond acceptors (Lipinski definition) is 3. The molecular formula is C9H8N2OS. The van der Waals surface area contributed by atoms with Gasteiger partial charge in [0.2, 0.25) is 0 Å². The lowest BCUT2D eigenvalue weighted by Gasteiger charge is -1.98. The van der Waals surface area contributed by atoms with Crippen LogP contribution in [0.15, 0.2) is 23.1 Å². The number of amides is 1. The Morgan fingerprint density at radius 2 is 2.38 bits per heavy atom. The average molecular weight is 192 g/mol. The minimum atomic E-state index is -0.673. The molecule has 4 heteroatoms. The van der Waals surface area contributed by atoms with Crippen molar-refractivity contribution >= 4 is 22.8 Å². The van der Waals surface area contributed by atoms with Crippen LogP contribution in [0.25, 0.3) is 5.57 Å². The first kappa shape index (κ1) is 9.49. The van der Waals surface area contributed by atoms with Gasteiger partial charge in [0.1, 0.15) is 11.6 Å². The fourth-order valence-electron chi connectivity index (χ4n) is 0.939. The molecular weight excluding hydrogens is 184 g/mol. The molecule has 1 amide bonds. The molecule has 0 aliphatic carbocycles. The molecule has 1 heterocycles. The summed E-state index contributed by atoms with van der Waals surface area (Å²) in [5, 5.41) is 10.5. The zero-order chi connectivity index (χ0) is 9.84. The van der Waals surface area contributed by atoms with E-state index in [0.717, 1.165) is 4.88 Å². The van der Waals surface area contributed by atoms with Gasteiger partial charge in [0.25, 0.3) is 5.91 Å². The molecule has 0 saturated carbocycles. The average Bonchev–Trinajstić information content (AvgIpc) is 2.56. The maximum absolute atomic E-state index is 10.8. The highest BCUT2D eigenvalue weighted by molar-refractivity contribution is 7.11. The van der Waals surface area contributed by atoms with Crippen LogP contribution >= 0.6 is 11.3 Å². The van der Waals surface area contributed by atoms with Crippen molar-refractivity contribution in [1.82, 2.24) is 0 Å². The van der Waals surface area contributed by atoms with Gasteiger partial charge in [0.05, 0.1) is 0 Å². The normalized spacial score (nSPS) is 11.7. The van der Waals surface area contributed by atoms with Crippen molar-refractivity contribution < 1.29 is 4.79 Å². The Balaban J connectivity index is 3.19. The Morgan fingerprint density at radius 1 is 1.69 bits per heavy atom. The lowest BCUT2D eigenvalue weighted by molar-refractivity contribution is -0.114. The molecule has 1 aromatic heterocycles. The summed E-state index contributed by atoms with van der Waals surface area (Å²) in [5.41, 5.74) is 5.71. The molecule has 0 aromatic carbocycles. The quantitative estimate of drug-likeness (QED) is 0.570. The third-order valence-corrected chi connectivity index (χ3v) is 2.61. The third kappa shape index (κ3) is 1.95. The lowest BCUT2D eigenvalue weighted by Crippen LogP contribution is -2.13. The first-order valence-corrected chi connectivity index (χ1v) is 4.49. The first-order chi connectivity index (χ1) is 6.16. The number of carbonyl (C=O) groups excluding carboxylic acids is 1. The van der Waals surface area contributed by atoms with E-state index in [-0.39, 0.29) is 5.57 Å². The zero-order valence-electron chi connectivity index (χ0n) is 7.07. The predicted octanol–water partition coefficient (Wildman–Crippen LogP) is 1.53. The number of hydrogen-bond donors (Lipinski definition) is 1. The molecule has 0 fully saturated rings. The van der Waals surface area contributed by atoms with Crippen molar-refractivity contribution in [3.05, 3.63) is 28.0 Å². The summed E-state index contributed by atoms with van der Waals surface area (Å²) in [6.07, 6.45) is 0. The Hall–Kier alpha value is -1.60. The molecule has 0 atom stereocenters. The van der Waals surface area contributed by atoms with Crippen LogP contribution in [-0.4, -0.2) is 5.91 Å². The topological polar surface area (TPSA) is 66.9 Å². The van der Waals surface area contributed by atoms with Crippen LogP contribution in [0, 0.1) is 11.3 Å². The van der Waals surface area contributed by atoms with Crippen LogP contribution in [0.1, 0.15) is 11.8 Å². The van der Waals surface area contributed by atoms with E-state index in [1.165, 1.54) is 11.3 Å². The highest BCUT2D eigenvalue weighted by Crippen LogP contribution is 2.22. The van der Waals surface area contributed by atoms with Crippen molar-refractivity contribution in [3.8, 4) is 6.07 Å². The Bertz CT molecular complexity index is 384. The highest BCUT2D eigenvalue weighted by atomic mass is 32.1. The Labute approximate surface area is 80.1 Å². The number of nitriles is 1. The molecule has 13 heavy (non-hydrogen) atoms. The molecule has 0 unspecified atom stereocenters. The van der Waals surface area contributed by atoms with Crippen molar-refractivity contribution in [2.24, 2.45) is 5.73 Å². The van der Waals surface area contributed by atoms with E-state index in [1.54, 1.807) is 13.0 Å². The number of allylic oxidation sites excluding steroid dienone is 1. The van der Waals surface area contributed by atoms with Crippen molar-refractivity contribution in [2.75, 3.05) is 0 Å². The number of primary amides is 1. The summed E-state index contributed by atoms with van der Waals surface area (Å²) >= 11 is 1.48. The molecule has 0 aliphatic heterocycles. The molecule has 0 bridgehead atoms. The van der Waals surface area contributed by atoms with E-state index < -0.39 is 5.91 Å². The molecule has 0 spiro atoms. The van der Waals surface area contributed by atoms with Gasteiger partial charge in [0.15, 0.2) is 0 Å². The largest absolute Gasteiger partial charge is 0.365 e. The fraction of sp³-hybridized carbons (Fsp3) is 0.111. The molecule has 1 aromatic rings. The Kier molecular flexibility index (Phi) is 2.83. The summed E-state index contributed by atoms with van der Waals surface area (Å²) in [4.78, 5) is 11.7. The predicted molar refractivity (Wildman–Crippen MR) is 51.7 cm³/mol. The summed E-state index contributed by atoms with van der Waals surface area (Å²) in [7, 11) is 0. The fourth-order valence-corrected chi connectivity index (χ4v) is 1.68. The summed E-state index contributed by atoms with van der Waals surface area (Å²) < 4.78 is 0. The summed E-state index contributed by atoms with van der Waals surface area (Å²) in [6.45, 7) is 1.72. The van der Waals surface area contributed by atoms with Gasteiger partial charge >= 0.3 is 0 Å². The molecule has 0 saturated heterocycles. The molecule has 0 aliphatic rings. The number of carbonyl (C=O) groups is 1. The summed E-state index contributed by atoms with van der Waals surface area (Å²) in [5.74, 6) is -0.673. The monoisotopic (exact) mass is 192 g/mol. The lowest BCUT2D eigenvalue weighted by atomic mass is 10.1. The standard InChI is InChI=1S/C9H8N2OS/c1-6(7(5-10)9(11)12)8-3-2-4-13-8/h2-4H,1H3,(H2,11,12). The van der Waals surface area contributed by atoms with Crippen LogP contribution in [0.5, 0.6) is 0 Å². The number of nitrogens with two attached hydrogens (primary N) is 1. The summed E-state index contributed by atoms with van der Waals surface area (Å²) in [6, 6.07) is 5.51. The number of nitrogens with zero attached hydrogens (tertiary/aromatic N) is 1. The van der Waals surface area contributed by atoms with Crippen LogP contribution in [-0.2, 0) is 4.79 Å². The van der Waals surface area contributed by atoms with E-state index in [4.69, 9.17) is 11.0 Å². The van der Waals surface area contributed by atoms with Crippen molar-refractivity contribution in [3.63, 3.8) is 0 Å². The van der Waals surface area contributed by atoms with E-state index in [1.807, 2.05) is 17.5 Å². The first-order valence-electron chi connectivity index (χ1n) is 3.61. The van der Waals surface area contributed by atoms with Gasteiger partial charge in [-0.05, 0) is 23.9 Å². The number of thiophene rings is 1. The second-order valence-electron chi connectivity index (χ2n) is 2.45. The smallest absolute Gasteiger partial charge is 0.259 e. The molecule has 3 nitrogen and oxygen atoms in total. The van der Waals surface area contributed by atoms with Gasteiger partial charge in [0, 0.05) is 4.88 Å². The van der Waals surface area contributed by atoms with Crippen molar-refractivity contribution in [2.45, 2.75) is 6.92 Å². The second kappa shape index (κ2) is 3.87. The van der Waals surface area contributed by atoms with Gasteiger partial charge < -0.3 is 5.73 Å². The van der Waals surface area contributed by atoms with Gasteiger partial charge in [-0.2, -0.15) is 5.26 Å². The van der Waals surface area contributed by atoms with E-state index in [0.29, 0.717) is 5.57 Å². The third-order valence-electron chi connectivity index (χ3n) is 1.62.